The summed E-state index contributed by atoms with van der Waals surface area (Å²) in [6.07, 6.45) is -0.264. The van der Waals surface area contributed by atoms with Crippen molar-refractivity contribution in [2.75, 3.05) is 0 Å². The molecule has 2 aromatic carbocycles. The van der Waals surface area contributed by atoms with Crippen LogP contribution in [0.2, 0.25) is 0 Å². The quantitative estimate of drug-likeness (QED) is 0.560. The Bertz CT molecular complexity index is 560. The molecule has 1 atom stereocenters. The third kappa shape index (κ3) is 3.90. The number of hydrogen-bond donors (Lipinski definition) is 3. The van der Waals surface area contributed by atoms with Crippen LogP contribution in [-0.2, 0) is 6.54 Å². The fourth-order valence-electron chi connectivity index (χ4n) is 1.76. The van der Waals surface area contributed by atoms with Crippen LogP contribution < -0.4 is 16.6 Å². The Morgan fingerprint density at radius 3 is 2.63 bits per heavy atom. The zero-order valence-electron chi connectivity index (χ0n) is 10.5. The van der Waals surface area contributed by atoms with Gasteiger partial charge in [0.05, 0.1) is 17.8 Å². The Hall–Kier alpha value is -2.19. The molecule has 0 spiro atoms. The van der Waals surface area contributed by atoms with Gasteiger partial charge in [0.25, 0.3) is 0 Å². The Morgan fingerprint density at radius 2 is 1.89 bits per heavy atom. The fraction of sp³-hybridized carbons (Fsp3) is 0.133. The van der Waals surface area contributed by atoms with Gasteiger partial charge in [-0.3, -0.25) is 5.43 Å². The van der Waals surface area contributed by atoms with Gasteiger partial charge in [-0.25, -0.2) is 5.43 Å². The van der Waals surface area contributed by atoms with Crippen molar-refractivity contribution in [2.45, 2.75) is 12.7 Å². The standard InChI is InChI=1S/C15H16N4/c16-10-12-5-4-6-13(9-12)11-18-19-15(17)14-7-2-1-3-8-14/h1-9,15,18-19H,11,17H2. The lowest BCUT2D eigenvalue weighted by molar-refractivity contribution is 0.446. The average Bonchev–Trinajstić information content (AvgIpc) is 2.48. The van der Waals surface area contributed by atoms with Gasteiger partial charge < -0.3 is 5.73 Å². The summed E-state index contributed by atoms with van der Waals surface area (Å²) < 4.78 is 0. The van der Waals surface area contributed by atoms with Gasteiger partial charge in [0, 0.05) is 6.54 Å². The number of rotatable bonds is 5. The van der Waals surface area contributed by atoms with E-state index in [-0.39, 0.29) is 6.17 Å². The van der Waals surface area contributed by atoms with Crippen LogP contribution in [0, 0.1) is 11.3 Å². The lowest BCUT2D eigenvalue weighted by Gasteiger charge is -2.15. The van der Waals surface area contributed by atoms with E-state index in [0.717, 1.165) is 11.1 Å². The SMILES string of the molecule is N#Cc1cccc(CNNC(N)c2ccccc2)c1. The molecule has 2 rings (SSSR count). The number of nitriles is 1. The highest BCUT2D eigenvalue weighted by atomic mass is 15.4. The Balaban J connectivity index is 1.85. The molecule has 0 saturated heterocycles. The second kappa shape index (κ2) is 6.66. The number of nitrogens with one attached hydrogen (secondary N) is 2. The first-order valence-corrected chi connectivity index (χ1v) is 6.07. The minimum absolute atomic E-state index is 0.264. The van der Waals surface area contributed by atoms with Crippen molar-refractivity contribution in [3.05, 3.63) is 71.3 Å². The van der Waals surface area contributed by atoms with E-state index in [1.54, 1.807) is 6.07 Å². The van der Waals surface area contributed by atoms with Crippen LogP contribution >= 0.6 is 0 Å². The number of benzene rings is 2. The Kier molecular flexibility index (Phi) is 4.65. The molecule has 4 heteroatoms. The van der Waals surface area contributed by atoms with Crippen molar-refractivity contribution in [1.82, 2.24) is 10.9 Å². The van der Waals surface area contributed by atoms with Crippen molar-refractivity contribution in [3.63, 3.8) is 0 Å². The lowest BCUT2D eigenvalue weighted by atomic mass is 10.1. The van der Waals surface area contributed by atoms with Crippen LogP contribution in [0.25, 0.3) is 0 Å². The van der Waals surface area contributed by atoms with Crippen molar-refractivity contribution >= 4 is 0 Å². The first kappa shape index (κ1) is 13.2. The van der Waals surface area contributed by atoms with E-state index < -0.39 is 0 Å². The summed E-state index contributed by atoms with van der Waals surface area (Å²) in [5.41, 5.74) is 14.8. The second-order valence-corrected chi connectivity index (χ2v) is 4.20. The topological polar surface area (TPSA) is 73.9 Å². The molecule has 4 nitrogen and oxygen atoms in total. The maximum Gasteiger partial charge on any atom is 0.0991 e. The highest BCUT2D eigenvalue weighted by Gasteiger charge is 2.03. The monoisotopic (exact) mass is 252 g/mol. The van der Waals surface area contributed by atoms with Gasteiger partial charge in [-0.1, -0.05) is 42.5 Å². The first-order valence-electron chi connectivity index (χ1n) is 6.07. The minimum Gasteiger partial charge on any atom is -0.311 e. The Labute approximate surface area is 112 Å². The Morgan fingerprint density at radius 1 is 1.11 bits per heavy atom. The summed E-state index contributed by atoms with van der Waals surface area (Å²) in [5.74, 6) is 0. The number of nitrogens with zero attached hydrogens (tertiary/aromatic N) is 1. The third-order valence-corrected chi connectivity index (χ3v) is 2.76. The molecule has 0 aliphatic heterocycles. The van der Waals surface area contributed by atoms with E-state index in [9.17, 15) is 0 Å². The van der Waals surface area contributed by atoms with Gasteiger partial charge >= 0.3 is 0 Å². The molecule has 96 valence electrons. The van der Waals surface area contributed by atoms with E-state index in [2.05, 4.69) is 16.9 Å². The molecule has 2 aromatic rings. The minimum atomic E-state index is -0.264. The fourth-order valence-corrected chi connectivity index (χ4v) is 1.76. The lowest BCUT2D eigenvalue weighted by Crippen LogP contribution is -2.39. The maximum atomic E-state index is 8.82. The molecule has 0 radical (unpaired) electrons. The largest absolute Gasteiger partial charge is 0.311 e. The molecule has 0 aliphatic carbocycles. The van der Waals surface area contributed by atoms with Crippen LogP contribution in [0.5, 0.6) is 0 Å². The van der Waals surface area contributed by atoms with Crippen molar-refractivity contribution in [3.8, 4) is 6.07 Å². The molecular formula is C15H16N4. The number of nitrogens with two attached hydrogens (primary N) is 1. The van der Waals surface area contributed by atoms with Gasteiger partial charge in [0.15, 0.2) is 0 Å². The molecule has 0 fully saturated rings. The summed E-state index contributed by atoms with van der Waals surface area (Å²) in [6.45, 7) is 0.607. The smallest absolute Gasteiger partial charge is 0.0991 e. The molecule has 19 heavy (non-hydrogen) atoms. The van der Waals surface area contributed by atoms with Gasteiger partial charge in [-0.15, -0.1) is 0 Å². The van der Waals surface area contributed by atoms with Crippen molar-refractivity contribution < 1.29 is 0 Å². The van der Waals surface area contributed by atoms with Gasteiger partial charge in [0.2, 0.25) is 0 Å². The predicted octanol–water partition coefficient (Wildman–Crippen LogP) is 1.81. The van der Waals surface area contributed by atoms with E-state index >= 15 is 0 Å². The van der Waals surface area contributed by atoms with Crippen LogP contribution in [0.3, 0.4) is 0 Å². The maximum absolute atomic E-state index is 8.82. The van der Waals surface area contributed by atoms with E-state index in [1.807, 2.05) is 48.5 Å². The zero-order chi connectivity index (χ0) is 13.5. The third-order valence-electron chi connectivity index (χ3n) is 2.76. The normalized spacial score (nSPS) is 11.8. The van der Waals surface area contributed by atoms with Crippen molar-refractivity contribution in [2.24, 2.45) is 5.73 Å². The van der Waals surface area contributed by atoms with E-state index in [1.165, 1.54) is 0 Å². The highest BCUT2D eigenvalue weighted by Crippen LogP contribution is 2.06. The summed E-state index contributed by atoms with van der Waals surface area (Å²) in [5, 5.41) is 8.82. The zero-order valence-corrected chi connectivity index (χ0v) is 10.5. The molecule has 1 unspecified atom stereocenters. The second-order valence-electron chi connectivity index (χ2n) is 4.20. The summed E-state index contributed by atoms with van der Waals surface area (Å²) in [6, 6.07) is 19.4. The van der Waals surface area contributed by atoms with Crippen molar-refractivity contribution in [1.29, 1.82) is 5.26 Å². The molecular weight excluding hydrogens is 236 g/mol. The molecule has 0 heterocycles. The number of hydrogen-bond acceptors (Lipinski definition) is 4. The van der Waals surface area contributed by atoms with E-state index in [0.29, 0.717) is 12.1 Å². The van der Waals surface area contributed by atoms with Crippen LogP contribution in [0.4, 0.5) is 0 Å². The van der Waals surface area contributed by atoms with Crippen LogP contribution in [-0.4, -0.2) is 0 Å². The summed E-state index contributed by atoms with van der Waals surface area (Å²) in [7, 11) is 0. The van der Waals surface area contributed by atoms with E-state index in [4.69, 9.17) is 11.0 Å². The average molecular weight is 252 g/mol. The molecule has 0 saturated carbocycles. The van der Waals surface area contributed by atoms with Gasteiger partial charge in [-0.05, 0) is 23.3 Å². The van der Waals surface area contributed by atoms with Crippen LogP contribution in [0.1, 0.15) is 22.9 Å². The highest BCUT2D eigenvalue weighted by molar-refractivity contribution is 5.32. The first-order chi connectivity index (χ1) is 9.29. The van der Waals surface area contributed by atoms with Gasteiger partial charge in [0.1, 0.15) is 0 Å². The summed E-state index contributed by atoms with van der Waals surface area (Å²) >= 11 is 0. The molecule has 0 bridgehead atoms. The molecule has 4 N–H and O–H groups in total. The molecule has 0 aromatic heterocycles. The number of hydrazine groups is 1. The van der Waals surface area contributed by atoms with Gasteiger partial charge in [-0.2, -0.15) is 5.26 Å². The molecule has 0 amide bonds. The summed E-state index contributed by atoms with van der Waals surface area (Å²) in [4.78, 5) is 0. The molecule has 0 aliphatic rings. The van der Waals surface area contributed by atoms with Crippen LogP contribution in [0.15, 0.2) is 54.6 Å². The predicted molar refractivity (Wildman–Crippen MR) is 74.5 cm³/mol.